The van der Waals surface area contributed by atoms with Crippen LogP contribution in [-0.2, 0) is 0 Å². The molecule has 0 amide bonds. The van der Waals surface area contributed by atoms with E-state index in [0.29, 0.717) is 27.4 Å². The largest absolute Gasteiger partial charge is 0.708 e. The van der Waals surface area contributed by atoms with Crippen LogP contribution in [0.4, 0.5) is 0 Å². The quantitative estimate of drug-likeness (QED) is 0.547. The van der Waals surface area contributed by atoms with Gasteiger partial charge in [0.15, 0.2) is 5.16 Å². The zero-order valence-corrected chi connectivity index (χ0v) is 12.1. The van der Waals surface area contributed by atoms with E-state index in [0.717, 1.165) is 0 Å². The number of ether oxygens (including phenoxy) is 2. The zero-order valence-electron chi connectivity index (χ0n) is 12.1. The van der Waals surface area contributed by atoms with Crippen LogP contribution >= 0.6 is 0 Å². The molecule has 1 aromatic heterocycles. The predicted octanol–water partition coefficient (Wildman–Crippen LogP) is 2.66. The summed E-state index contributed by atoms with van der Waals surface area (Å²) >= 11 is 0. The first-order chi connectivity index (χ1) is 10.7. The highest BCUT2D eigenvalue weighted by Crippen LogP contribution is 2.23. The number of aromatic nitrogens is 2. The maximum absolute atomic E-state index is 12.4. The lowest BCUT2D eigenvalue weighted by molar-refractivity contribution is -0.585. The molecule has 0 bridgehead atoms. The predicted molar refractivity (Wildman–Crippen MR) is 79.4 cm³/mol. The maximum atomic E-state index is 12.4. The summed E-state index contributed by atoms with van der Waals surface area (Å²) in [5.74, 6) is 1.75. The third kappa shape index (κ3) is 2.46. The molecule has 0 radical (unpaired) electrons. The molecule has 22 heavy (non-hydrogen) atoms. The van der Waals surface area contributed by atoms with Crippen molar-refractivity contribution in [2.24, 2.45) is 0 Å². The van der Waals surface area contributed by atoms with E-state index < -0.39 is 0 Å². The van der Waals surface area contributed by atoms with E-state index in [4.69, 9.17) is 14.0 Å². The topological polar surface area (TPSA) is 71.4 Å². The van der Waals surface area contributed by atoms with Crippen molar-refractivity contribution in [3.63, 3.8) is 0 Å². The van der Waals surface area contributed by atoms with E-state index in [-0.39, 0.29) is 11.7 Å². The molecule has 0 saturated carbocycles. The molecule has 3 rings (SSSR count). The molecule has 2 aromatic carbocycles. The van der Waals surface area contributed by atoms with Crippen LogP contribution in [0.3, 0.4) is 0 Å². The van der Waals surface area contributed by atoms with Crippen molar-refractivity contribution >= 4 is 0 Å². The summed E-state index contributed by atoms with van der Waals surface area (Å²) in [6.07, 6.45) is 0. The Labute approximate surface area is 127 Å². The second-order valence-corrected chi connectivity index (χ2v) is 4.56. The molecule has 0 atom stereocenters. The summed E-state index contributed by atoms with van der Waals surface area (Å²) in [7, 11) is 3.17. The van der Waals surface area contributed by atoms with Gasteiger partial charge in [-0.2, -0.15) is 4.73 Å². The third-order valence-electron chi connectivity index (χ3n) is 3.28. The summed E-state index contributed by atoms with van der Waals surface area (Å²) in [6.45, 7) is 0. The molecule has 0 aliphatic heterocycles. The minimum Gasteiger partial charge on any atom is -0.708 e. The molecule has 3 aromatic rings. The smallest absolute Gasteiger partial charge is 0.383 e. The van der Waals surface area contributed by atoms with Crippen LogP contribution in [0, 0.1) is 5.21 Å². The summed E-state index contributed by atoms with van der Waals surface area (Å²) in [6, 6.07) is 14.0. The van der Waals surface area contributed by atoms with Crippen LogP contribution in [-0.4, -0.2) is 19.4 Å². The van der Waals surface area contributed by atoms with Crippen LogP contribution in [0.2, 0.25) is 0 Å². The van der Waals surface area contributed by atoms with Crippen molar-refractivity contribution < 1.29 is 18.7 Å². The van der Waals surface area contributed by atoms with Gasteiger partial charge in [0.25, 0.3) is 0 Å². The number of benzene rings is 2. The molecular weight excluding hydrogens is 284 g/mol. The Bertz CT molecular complexity index is 699. The first-order valence-electron chi connectivity index (χ1n) is 6.61. The van der Waals surface area contributed by atoms with Gasteiger partial charge in [0.05, 0.1) is 25.3 Å². The molecule has 6 heteroatoms. The second kappa shape index (κ2) is 5.77. The normalized spacial score (nSPS) is 10.5. The van der Waals surface area contributed by atoms with E-state index in [2.05, 4.69) is 5.16 Å². The molecule has 0 spiro atoms. The standard InChI is InChI=1S/C16H14N2O4/c1-20-13-7-3-11(4-8-13)15-17-22-16(18(15)19)12-5-9-14(21-2)10-6-12/h3-10H,1-2H3. The van der Waals surface area contributed by atoms with Gasteiger partial charge in [-0.15, -0.1) is 0 Å². The Balaban J connectivity index is 1.96. The molecule has 0 unspecified atom stereocenters. The fourth-order valence-corrected chi connectivity index (χ4v) is 2.07. The van der Waals surface area contributed by atoms with Crippen molar-refractivity contribution in [3.05, 3.63) is 53.7 Å². The molecule has 112 valence electrons. The lowest BCUT2D eigenvalue weighted by Gasteiger charge is -2.04. The van der Waals surface area contributed by atoms with E-state index in [9.17, 15) is 5.21 Å². The van der Waals surface area contributed by atoms with Gasteiger partial charge in [0.2, 0.25) is 0 Å². The van der Waals surface area contributed by atoms with Gasteiger partial charge in [-0.25, -0.2) is 4.52 Å². The lowest BCUT2D eigenvalue weighted by Crippen LogP contribution is -2.29. The Morgan fingerprint density at radius 1 is 0.864 bits per heavy atom. The lowest BCUT2D eigenvalue weighted by atomic mass is 10.2. The van der Waals surface area contributed by atoms with Gasteiger partial charge in [0.1, 0.15) is 11.5 Å². The number of hydrogen-bond donors (Lipinski definition) is 0. The van der Waals surface area contributed by atoms with E-state index in [1.807, 2.05) is 0 Å². The van der Waals surface area contributed by atoms with Crippen molar-refractivity contribution in [2.45, 2.75) is 0 Å². The summed E-state index contributed by atoms with van der Waals surface area (Å²) < 4.78 is 16.0. The molecule has 1 heterocycles. The number of rotatable bonds is 4. The average Bonchev–Trinajstić information content (AvgIpc) is 2.96. The zero-order chi connectivity index (χ0) is 15.5. The minimum atomic E-state index is 0.133. The van der Waals surface area contributed by atoms with E-state index >= 15 is 0 Å². The van der Waals surface area contributed by atoms with Gasteiger partial charge >= 0.3 is 11.7 Å². The van der Waals surface area contributed by atoms with Crippen molar-refractivity contribution in [2.75, 3.05) is 14.2 Å². The molecule has 0 aliphatic carbocycles. The first kappa shape index (κ1) is 13.9. The Morgan fingerprint density at radius 2 is 1.36 bits per heavy atom. The molecule has 0 saturated heterocycles. The Kier molecular flexibility index (Phi) is 3.65. The Morgan fingerprint density at radius 3 is 1.86 bits per heavy atom. The summed E-state index contributed by atoms with van der Waals surface area (Å²) in [4.78, 5) is 0. The number of hydrogen-bond acceptors (Lipinski definition) is 5. The van der Waals surface area contributed by atoms with Gasteiger partial charge in [-0.3, -0.25) is 0 Å². The van der Waals surface area contributed by atoms with Crippen LogP contribution in [0.5, 0.6) is 11.5 Å². The van der Waals surface area contributed by atoms with Gasteiger partial charge in [-0.05, 0) is 48.5 Å². The molecular formula is C16H14N2O4. The fraction of sp³-hybridized carbons (Fsp3) is 0.125. The van der Waals surface area contributed by atoms with E-state index in [1.165, 1.54) is 0 Å². The highest BCUT2D eigenvalue weighted by atomic mass is 16.5. The molecule has 0 N–H and O–H groups in total. The number of nitrogens with zero attached hydrogens (tertiary/aromatic N) is 2. The highest BCUT2D eigenvalue weighted by molar-refractivity contribution is 5.56. The van der Waals surface area contributed by atoms with Crippen LogP contribution in [0.15, 0.2) is 53.1 Å². The maximum Gasteiger partial charge on any atom is 0.383 e. The SMILES string of the molecule is COc1ccc(-c2noc(-c3ccc(OC)cc3)[n+]2[O-])cc1. The minimum absolute atomic E-state index is 0.133. The molecule has 6 nitrogen and oxygen atoms in total. The summed E-state index contributed by atoms with van der Waals surface area (Å²) in [5, 5.41) is 16.2. The van der Waals surface area contributed by atoms with Crippen LogP contribution in [0.25, 0.3) is 22.8 Å². The molecule has 0 fully saturated rings. The van der Waals surface area contributed by atoms with Crippen LogP contribution < -0.4 is 14.2 Å². The highest BCUT2D eigenvalue weighted by Gasteiger charge is 2.22. The van der Waals surface area contributed by atoms with Gasteiger partial charge < -0.3 is 14.7 Å². The Hall–Kier alpha value is -3.02. The van der Waals surface area contributed by atoms with Crippen molar-refractivity contribution in [1.82, 2.24) is 5.16 Å². The van der Waals surface area contributed by atoms with Gasteiger partial charge in [0, 0.05) is 0 Å². The molecule has 0 aliphatic rings. The fourth-order valence-electron chi connectivity index (χ4n) is 2.07. The first-order valence-corrected chi connectivity index (χ1v) is 6.61. The summed E-state index contributed by atoms with van der Waals surface area (Å²) in [5.41, 5.74) is 1.28. The third-order valence-corrected chi connectivity index (χ3v) is 3.28. The van der Waals surface area contributed by atoms with Gasteiger partial charge in [-0.1, -0.05) is 0 Å². The van der Waals surface area contributed by atoms with Crippen molar-refractivity contribution in [1.29, 1.82) is 0 Å². The van der Waals surface area contributed by atoms with E-state index in [1.54, 1.807) is 62.8 Å². The van der Waals surface area contributed by atoms with Crippen molar-refractivity contribution in [3.8, 4) is 34.3 Å². The monoisotopic (exact) mass is 298 g/mol. The number of methoxy groups -OCH3 is 2. The second-order valence-electron chi connectivity index (χ2n) is 4.56. The average molecular weight is 298 g/mol. The van der Waals surface area contributed by atoms with Crippen LogP contribution in [0.1, 0.15) is 0 Å².